The van der Waals surface area contributed by atoms with E-state index >= 15 is 0 Å². The number of rotatable bonds is 4. The van der Waals surface area contributed by atoms with E-state index < -0.39 is 5.54 Å². The SMILES string of the molecule is CC(C)(CN)NC(=O)c1cncc(-c2ccccc2)c1. The van der Waals surface area contributed by atoms with E-state index in [1.165, 1.54) is 0 Å². The van der Waals surface area contributed by atoms with E-state index in [4.69, 9.17) is 5.73 Å². The molecule has 1 aromatic heterocycles. The van der Waals surface area contributed by atoms with Crippen LogP contribution in [0.1, 0.15) is 24.2 Å². The molecule has 2 aromatic rings. The number of nitrogens with zero attached hydrogens (tertiary/aromatic N) is 1. The van der Waals surface area contributed by atoms with Gasteiger partial charge in [-0.15, -0.1) is 0 Å². The number of nitrogens with one attached hydrogen (secondary N) is 1. The molecule has 0 unspecified atom stereocenters. The summed E-state index contributed by atoms with van der Waals surface area (Å²) in [4.78, 5) is 16.3. The first-order valence-electron chi connectivity index (χ1n) is 6.55. The highest BCUT2D eigenvalue weighted by atomic mass is 16.1. The summed E-state index contributed by atoms with van der Waals surface area (Å²) in [5.74, 6) is -0.161. The number of carbonyl (C=O) groups excluding carboxylic acids is 1. The fourth-order valence-electron chi connectivity index (χ4n) is 1.78. The van der Waals surface area contributed by atoms with E-state index in [1.54, 1.807) is 12.4 Å². The fraction of sp³-hybridized carbons (Fsp3) is 0.250. The minimum atomic E-state index is -0.431. The highest BCUT2D eigenvalue weighted by Gasteiger charge is 2.19. The van der Waals surface area contributed by atoms with Crippen molar-refractivity contribution in [3.05, 3.63) is 54.4 Å². The van der Waals surface area contributed by atoms with Gasteiger partial charge in [0.25, 0.3) is 5.91 Å². The van der Waals surface area contributed by atoms with E-state index in [2.05, 4.69) is 10.3 Å². The van der Waals surface area contributed by atoms with Gasteiger partial charge in [0.05, 0.1) is 5.56 Å². The molecule has 0 bridgehead atoms. The van der Waals surface area contributed by atoms with E-state index in [-0.39, 0.29) is 5.91 Å². The van der Waals surface area contributed by atoms with Crippen LogP contribution in [0.2, 0.25) is 0 Å². The Bertz CT molecular complexity index is 594. The number of benzene rings is 1. The molecule has 0 radical (unpaired) electrons. The Morgan fingerprint density at radius 2 is 1.90 bits per heavy atom. The minimum absolute atomic E-state index is 0.161. The first-order valence-corrected chi connectivity index (χ1v) is 6.55. The van der Waals surface area contributed by atoms with Gasteiger partial charge in [-0.3, -0.25) is 9.78 Å². The van der Waals surface area contributed by atoms with Crippen molar-refractivity contribution in [2.45, 2.75) is 19.4 Å². The summed E-state index contributed by atoms with van der Waals surface area (Å²) in [6.07, 6.45) is 3.31. The number of aromatic nitrogens is 1. The summed E-state index contributed by atoms with van der Waals surface area (Å²) in [6, 6.07) is 11.7. The van der Waals surface area contributed by atoms with Crippen LogP contribution < -0.4 is 11.1 Å². The second kappa shape index (κ2) is 5.84. The molecule has 3 N–H and O–H groups in total. The Labute approximate surface area is 119 Å². The fourth-order valence-corrected chi connectivity index (χ4v) is 1.78. The van der Waals surface area contributed by atoms with Gasteiger partial charge in [-0.1, -0.05) is 30.3 Å². The monoisotopic (exact) mass is 269 g/mol. The molecule has 2 rings (SSSR count). The Balaban J connectivity index is 2.25. The third-order valence-electron chi connectivity index (χ3n) is 3.07. The molecule has 0 spiro atoms. The summed E-state index contributed by atoms with van der Waals surface area (Å²) >= 11 is 0. The van der Waals surface area contributed by atoms with Crippen LogP contribution in [0.15, 0.2) is 48.8 Å². The number of carbonyl (C=O) groups is 1. The number of hydrogen-bond acceptors (Lipinski definition) is 3. The quantitative estimate of drug-likeness (QED) is 0.894. The molecule has 0 aliphatic heterocycles. The van der Waals surface area contributed by atoms with Crippen LogP contribution in [-0.2, 0) is 0 Å². The van der Waals surface area contributed by atoms with Crippen LogP contribution in [-0.4, -0.2) is 23.0 Å². The molecule has 0 aliphatic rings. The lowest BCUT2D eigenvalue weighted by Gasteiger charge is -2.24. The van der Waals surface area contributed by atoms with Crippen molar-refractivity contribution in [3.8, 4) is 11.1 Å². The summed E-state index contributed by atoms with van der Waals surface area (Å²) in [6.45, 7) is 4.16. The van der Waals surface area contributed by atoms with Gasteiger partial charge in [0, 0.05) is 30.0 Å². The van der Waals surface area contributed by atoms with Gasteiger partial charge in [-0.25, -0.2) is 0 Å². The largest absolute Gasteiger partial charge is 0.346 e. The first-order chi connectivity index (χ1) is 9.52. The number of amides is 1. The molecule has 0 fully saturated rings. The third-order valence-corrected chi connectivity index (χ3v) is 3.07. The lowest BCUT2D eigenvalue weighted by atomic mass is 10.0. The average Bonchev–Trinajstić information content (AvgIpc) is 2.48. The van der Waals surface area contributed by atoms with Crippen LogP contribution in [0.25, 0.3) is 11.1 Å². The lowest BCUT2D eigenvalue weighted by molar-refractivity contribution is 0.0915. The van der Waals surface area contributed by atoms with Crippen molar-refractivity contribution in [2.24, 2.45) is 5.73 Å². The zero-order valence-electron chi connectivity index (χ0n) is 11.8. The average molecular weight is 269 g/mol. The molecule has 1 aromatic carbocycles. The smallest absolute Gasteiger partial charge is 0.253 e. The van der Waals surface area contributed by atoms with Gasteiger partial charge in [0.2, 0.25) is 0 Å². The van der Waals surface area contributed by atoms with E-state index in [9.17, 15) is 4.79 Å². The van der Waals surface area contributed by atoms with Crippen LogP contribution in [0.4, 0.5) is 0 Å². The second-order valence-corrected chi connectivity index (χ2v) is 5.37. The Morgan fingerprint density at radius 3 is 2.55 bits per heavy atom. The minimum Gasteiger partial charge on any atom is -0.346 e. The molecule has 0 saturated heterocycles. The van der Waals surface area contributed by atoms with Gasteiger partial charge in [-0.05, 0) is 25.5 Å². The predicted octanol–water partition coefficient (Wildman–Crippen LogP) is 2.22. The highest BCUT2D eigenvalue weighted by Crippen LogP contribution is 2.19. The van der Waals surface area contributed by atoms with Crippen molar-refractivity contribution in [1.82, 2.24) is 10.3 Å². The molecule has 4 heteroatoms. The Morgan fingerprint density at radius 1 is 1.20 bits per heavy atom. The third kappa shape index (κ3) is 3.42. The lowest BCUT2D eigenvalue weighted by Crippen LogP contribution is -2.48. The number of pyridine rings is 1. The Kier molecular flexibility index (Phi) is 4.15. The normalized spacial score (nSPS) is 11.2. The molecule has 1 amide bonds. The van der Waals surface area contributed by atoms with Gasteiger partial charge >= 0.3 is 0 Å². The van der Waals surface area contributed by atoms with Crippen molar-refractivity contribution >= 4 is 5.91 Å². The van der Waals surface area contributed by atoms with Crippen LogP contribution in [0, 0.1) is 0 Å². The van der Waals surface area contributed by atoms with E-state index in [0.717, 1.165) is 11.1 Å². The van der Waals surface area contributed by atoms with Crippen molar-refractivity contribution in [2.75, 3.05) is 6.54 Å². The van der Waals surface area contributed by atoms with Crippen LogP contribution >= 0.6 is 0 Å². The zero-order valence-corrected chi connectivity index (χ0v) is 11.8. The predicted molar refractivity (Wildman–Crippen MR) is 80.3 cm³/mol. The van der Waals surface area contributed by atoms with Gasteiger partial charge in [0.15, 0.2) is 0 Å². The highest BCUT2D eigenvalue weighted by molar-refractivity contribution is 5.95. The summed E-state index contributed by atoms with van der Waals surface area (Å²) < 4.78 is 0. The van der Waals surface area contributed by atoms with E-state index in [1.807, 2.05) is 50.2 Å². The molecule has 1 heterocycles. The summed E-state index contributed by atoms with van der Waals surface area (Å²) in [5.41, 5.74) is 7.68. The molecule has 0 aliphatic carbocycles. The van der Waals surface area contributed by atoms with E-state index in [0.29, 0.717) is 12.1 Å². The van der Waals surface area contributed by atoms with Gasteiger partial charge in [0.1, 0.15) is 0 Å². The summed E-state index contributed by atoms with van der Waals surface area (Å²) in [7, 11) is 0. The maximum absolute atomic E-state index is 12.2. The van der Waals surface area contributed by atoms with Crippen molar-refractivity contribution in [1.29, 1.82) is 0 Å². The second-order valence-electron chi connectivity index (χ2n) is 5.37. The Hall–Kier alpha value is -2.20. The van der Waals surface area contributed by atoms with Crippen molar-refractivity contribution in [3.63, 3.8) is 0 Å². The molecule has 0 atom stereocenters. The number of nitrogens with two attached hydrogens (primary N) is 1. The molecule has 20 heavy (non-hydrogen) atoms. The molecule has 104 valence electrons. The number of hydrogen-bond donors (Lipinski definition) is 2. The molecule has 0 saturated carbocycles. The zero-order chi connectivity index (χ0) is 14.6. The van der Waals surface area contributed by atoms with Crippen LogP contribution in [0.5, 0.6) is 0 Å². The maximum atomic E-state index is 12.2. The molecule has 4 nitrogen and oxygen atoms in total. The molecular weight excluding hydrogens is 250 g/mol. The van der Waals surface area contributed by atoms with Gasteiger partial charge < -0.3 is 11.1 Å². The standard InChI is InChI=1S/C16H19N3O/c1-16(2,11-17)19-15(20)14-8-13(9-18-10-14)12-6-4-3-5-7-12/h3-10H,11,17H2,1-2H3,(H,19,20). The maximum Gasteiger partial charge on any atom is 0.253 e. The van der Waals surface area contributed by atoms with Crippen molar-refractivity contribution < 1.29 is 4.79 Å². The first kappa shape index (κ1) is 14.2. The van der Waals surface area contributed by atoms with Crippen LogP contribution in [0.3, 0.4) is 0 Å². The summed E-state index contributed by atoms with van der Waals surface area (Å²) in [5, 5.41) is 2.90. The van der Waals surface area contributed by atoms with Gasteiger partial charge in [-0.2, -0.15) is 0 Å². The topological polar surface area (TPSA) is 68.0 Å². The molecular formula is C16H19N3O.